The van der Waals surface area contributed by atoms with Gasteiger partial charge in [-0.25, -0.2) is 9.97 Å². The molecule has 0 bridgehead atoms. The van der Waals surface area contributed by atoms with E-state index in [0.717, 1.165) is 35.4 Å². The highest BCUT2D eigenvalue weighted by atomic mass is 16.2. The van der Waals surface area contributed by atoms with Crippen molar-refractivity contribution in [2.45, 2.75) is 18.9 Å². The second-order valence-electron chi connectivity index (χ2n) is 5.54. The number of carbonyl (C=O) groups is 1. The van der Waals surface area contributed by atoms with Gasteiger partial charge in [0.1, 0.15) is 5.82 Å². The van der Waals surface area contributed by atoms with Crippen LogP contribution in [0.5, 0.6) is 0 Å². The van der Waals surface area contributed by atoms with Gasteiger partial charge in [0.05, 0.1) is 11.1 Å². The molecule has 5 rings (SSSR count). The molecule has 1 fully saturated rings. The van der Waals surface area contributed by atoms with Gasteiger partial charge < -0.3 is 4.90 Å². The largest absolute Gasteiger partial charge is 0.305 e. The van der Waals surface area contributed by atoms with E-state index >= 15 is 0 Å². The molecule has 0 N–H and O–H groups in total. The summed E-state index contributed by atoms with van der Waals surface area (Å²) in [5, 5.41) is 1.03. The number of anilines is 2. The molecule has 0 radical (unpaired) electrons. The third-order valence-electron chi connectivity index (χ3n) is 4.18. The van der Waals surface area contributed by atoms with E-state index in [4.69, 9.17) is 0 Å². The number of fused-ring (bicyclic) bond motifs is 1. The topological polar surface area (TPSA) is 51.0 Å². The highest BCUT2D eigenvalue weighted by Gasteiger charge is 2.38. The Kier molecular flexibility index (Phi) is 1.94. The Balaban J connectivity index is 1.94. The zero-order valence-electron chi connectivity index (χ0n) is 11.2. The van der Waals surface area contributed by atoms with Crippen LogP contribution in [0.2, 0.25) is 0 Å². The molecule has 21 heavy (non-hydrogen) atoms. The first kappa shape index (κ1) is 11.0. The fourth-order valence-electron chi connectivity index (χ4n) is 3.08. The molecule has 5 nitrogen and oxygen atoms in total. The zero-order valence-corrected chi connectivity index (χ0v) is 11.2. The van der Waals surface area contributed by atoms with Crippen LogP contribution in [0.3, 0.4) is 0 Å². The Morgan fingerprint density at radius 3 is 2.76 bits per heavy atom. The molecule has 0 atom stereocenters. The minimum Gasteiger partial charge on any atom is -0.305 e. The summed E-state index contributed by atoms with van der Waals surface area (Å²) in [5.74, 6) is 1.53. The summed E-state index contributed by atoms with van der Waals surface area (Å²) in [6, 6.07) is 7.96. The van der Waals surface area contributed by atoms with Gasteiger partial charge in [0.25, 0.3) is 5.91 Å². The van der Waals surface area contributed by atoms with Crippen molar-refractivity contribution in [1.29, 1.82) is 0 Å². The minimum atomic E-state index is -0.0366. The van der Waals surface area contributed by atoms with Gasteiger partial charge in [-0.2, -0.15) is 0 Å². The van der Waals surface area contributed by atoms with Crippen LogP contribution in [-0.2, 0) is 0 Å². The molecule has 1 saturated carbocycles. The Labute approximate surface area is 120 Å². The van der Waals surface area contributed by atoms with E-state index < -0.39 is 0 Å². The molecule has 3 aromatic heterocycles. The normalized spacial score (nSPS) is 17.0. The van der Waals surface area contributed by atoms with Crippen molar-refractivity contribution in [3.63, 3.8) is 0 Å². The lowest BCUT2D eigenvalue weighted by atomic mass is 10.2. The smallest absolute Gasteiger partial charge is 0.266 e. The molecule has 0 spiro atoms. The van der Waals surface area contributed by atoms with E-state index in [-0.39, 0.29) is 5.91 Å². The van der Waals surface area contributed by atoms with Crippen LogP contribution in [-0.4, -0.2) is 26.5 Å². The molecule has 2 aliphatic rings. The minimum absolute atomic E-state index is 0.0366. The van der Waals surface area contributed by atoms with Crippen molar-refractivity contribution < 1.29 is 4.79 Å². The van der Waals surface area contributed by atoms with Crippen LogP contribution < -0.4 is 4.90 Å². The predicted octanol–water partition coefficient (Wildman–Crippen LogP) is 2.73. The second kappa shape index (κ2) is 3.69. The van der Waals surface area contributed by atoms with E-state index in [1.807, 2.05) is 30.5 Å². The lowest BCUT2D eigenvalue weighted by Crippen LogP contribution is -2.22. The quantitative estimate of drug-likeness (QED) is 0.685. The molecule has 1 aliphatic heterocycles. The van der Waals surface area contributed by atoms with Crippen LogP contribution in [0.4, 0.5) is 11.6 Å². The maximum atomic E-state index is 12.8. The molecule has 0 amide bonds. The molecule has 0 unspecified atom stereocenters. The summed E-state index contributed by atoms with van der Waals surface area (Å²) in [4.78, 5) is 24.0. The summed E-state index contributed by atoms with van der Waals surface area (Å²) in [5.41, 5.74) is 1.52. The molecule has 0 saturated heterocycles. The van der Waals surface area contributed by atoms with Crippen LogP contribution in [0, 0.1) is 0 Å². The van der Waals surface area contributed by atoms with Gasteiger partial charge in [0.2, 0.25) is 0 Å². The van der Waals surface area contributed by atoms with Crippen molar-refractivity contribution in [2.75, 3.05) is 4.90 Å². The number of rotatable bonds is 1. The van der Waals surface area contributed by atoms with Gasteiger partial charge in [-0.05, 0) is 37.1 Å². The van der Waals surface area contributed by atoms with Gasteiger partial charge in [-0.15, -0.1) is 0 Å². The fraction of sp³-hybridized carbons (Fsp3) is 0.188. The fourth-order valence-corrected chi connectivity index (χ4v) is 3.08. The average Bonchev–Trinajstić information content (AvgIpc) is 3.26. The van der Waals surface area contributed by atoms with Gasteiger partial charge in [0.15, 0.2) is 5.82 Å². The van der Waals surface area contributed by atoms with E-state index in [2.05, 4.69) is 14.9 Å². The number of aromatic nitrogens is 3. The molecular weight excluding hydrogens is 264 g/mol. The van der Waals surface area contributed by atoms with Gasteiger partial charge >= 0.3 is 0 Å². The number of hydrogen-bond donors (Lipinski definition) is 0. The third kappa shape index (κ3) is 1.38. The molecule has 1 aliphatic carbocycles. The van der Waals surface area contributed by atoms with Crippen molar-refractivity contribution in [3.05, 3.63) is 48.4 Å². The predicted molar refractivity (Wildman–Crippen MR) is 78.9 cm³/mol. The van der Waals surface area contributed by atoms with Crippen molar-refractivity contribution in [1.82, 2.24) is 14.5 Å². The Hall–Kier alpha value is -2.69. The molecule has 0 aromatic carbocycles. The van der Waals surface area contributed by atoms with Gasteiger partial charge in [-0.3, -0.25) is 9.36 Å². The summed E-state index contributed by atoms with van der Waals surface area (Å²) < 4.78 is 1.69. The summed E-state index contributed by atoms with van der Waals surface area (Å²) in [6.07, 6.45) is 7.59. The number of hydrogen-bond acceptors (Lipinski definition) is 4. The lowest BCUT2D eigenvalue weighted by Gasteiger charge is -2.22. The van der Waals surface area contributed by atoms with E-state index in [9.17, 15) is 4.79 Å². The lowest BCUT2D eigenvalue weighted by molar-refractivity contribution is 0.0966. The summed E-state index contributed by atoms with van der Waals surface area (Å²) in [6.45, 7) is 0. The number of nitrogens with zero attached hydrogens (tertiary/aromatic N) is 4. The van der Waals surface area contributed by atoms with Gasteiger partial charge in [0, 0.05) is 30.0 Å². The number of pyridine rings is 2. The first-order valence-corrected chi connectivity index (χ1v) is 7.09. The maximum Gasteiger partial charge on any atom is 0.266 e. The highest BCUT2D eigenvalue weighted by molar-refractivity contribution is 6.10. The Bertz CT molecular complexity index is 894. The molecule has 4 heterocycles. The van der Waals surface area contributed by atoms with E-state index in [0.29, 0.717) is 11.6 Å². The highest BCUT2D eigenvalue weighted by Crippen LogP contribution is 2.42. The van der Waals surface area contributed by atoms with Gasteiger partial charge in [-0.1, -0.05) is 0 Å². The SMILES string of the molecule is O=C1c2cccnc2N(C2CC2)c2nccc3ccn1c23. The summed E-state index contributed by atoms with van der Waals surface area (Å²) >= 11 is 0. The van der Waals surface area contributed by atoms with Crippen LogP contribution in [0.25, 0.3) is 10.9 Å². The monoisotopic (exact) mass is 276 g/mol. The number of carbonyl (C=O) groups excluding carboxylic acids is 1. The van der Waals surface area contributed by atoms with Crippen molar-refractivity contribution in [2.24, 2.45) is 0 Å². The molecule has 102 valence electrons. The second-order valence-corrected chi connectivity index (χ2v) is 5.54. The van der Waals surface area contributed by atoms with Crippen LogP contribution in [0.1, 0.15) is 23.2 Å². The Morgan fingerprint density at radius 2 is 1.90 bits per heavy atom. The first-order chi connectivity index (χ1) is 10.3. The zero-order chi connectivity index (χ0) is 14.0. The van der Waals surface area contributed by atoms with E-state index in [1.54, 1.807) is 17.0 Å². The van der Waals surface area contributed by atoms with Crippen LogP contribution in [0.15, 0.2) is 42.9 Å². The van der Waals surface area contributed by atoms with Crippen LogP contribution >= 0.6 is 0 Å². The van der Waals surface area contributed by atoms with Crippen molar-refractivity contribution >= 4 is 28.4 Å². The Morgan fingerprint density at radius 1 is 1.05 bits per heavy atom. The van der Waals surface area contributed by atoms with E-state index in [1.165, 1.54) is 0 Å². The molecule has 3 aromatic rings. The molecular formula is C16H12N4O. The standard InChI is InChI=1S/C16H12N4O/c21-16-12-2-1-7-17-14(12)20(11-3-4-11)15-13-10(5-8-18-15)6-9-19(13)16/h1-2,5-9,11H,3-4H2. The third-order valence-corrected chi connectivity index (χ3v) is 4.18. The van der Waals surface area contributed by atoms with Crippen molar-refractivity contribution in [3.8, 4) is 0 Å². The summed E-state index contributed by atoms with van der Waals surface area (Å²) in [7, 11) is 0. The maximum absolute atomic E-state index is 12.8. The average molecular weight is 276 g/mol. The molecule has 5 heteroatoms. The first-order valence-electron chi connectivity index (χ1n) is 7.09.